The zero-order chi connectivity index (χ0) is 15.0. The Balaban J connectivity index is 1.97. The van der Waals surface area contributed by atoms with Crippen LogP contribution < -0.4 is 5.32 Å². The minimum absolute atomic E-state index is 0.425. The molecule has 1 saturated carbocycles. The van der Waals surface area contributed by atoms with Crippen LogP contribution in [-0.4, -0.2) is 16.0 Å². The second-order valence-electron chi connectivity index (χ2n) is 5.18. The predicted octanol–water partition coefficient (Wildman–Crippen LogP) is 4.05. The molecule has 0 amide bonds. The van der Waals surface area contributed by atoms with Crippen LogP contribution in [-0.2, 0) is 6.18 Å². The van der Waals surface area contributed by atoms with Gasteiger partial charge in [-0.3, -0.25) is 0 Å². The van der Waals surface area contributed by atoms with Gasteiger partial charge in [-0.25, -0.2) is 9.97 Å². The summed E-state index contributed by atoms with van der Waals surface area (Å²) in [4.78, 5) is 8.50. The molecule has 1 aliphatic rings. The van der Waals surface area contributed by atoms with E-state index in [0.717, 1.165) is 25.0 Å². The molecule has 0 saturated heterocycles. The summed E-state index contributed by atoms with van der Waals surface area (Å²) in [5, 5.41) is 3.24. The molecule has 0 aliphatic heterocycles. The standard InChI is InChI=1S/C15H14F3N3/c1-9-19-13(8-14(20-9)21-12-5-6-12)10-3-2-4-11(7-10)15(16,17)18/h2-4,7-8,12H,5-6H2,1H3,(H,19,20,21). The highest BCUT2D eigenvalue weighted by Crippen LogP contribution is 2.32. The Morgan fingerprint density at radius 1 is 1.14 bits per heavy atom. The molecule has 1 aromatic carbocycles. The van der Waals surface area contributed by atoms with E-state index in [2.05, 4.69) is 15.3 Å². The topological polar surface area (TPSA) is 37.8 Å². The van der Waals surface area contributed by atoms with Crippen molar-refractivity contribution in [2.75, 3.05) is 5.32 Å². The Morgan fingerprint density at radius 2 is 1.90 bits per heavy atom. The molecule has 0 bridgehead atoms. The van der Waals surface area contributed by atoms with Crippen molar-refractivity contribution < 1.29 is 13.2 Å². The molecule has 1 N–H and O–H groups in total. The van der Waals surface area contributed by atoms with Crippen molar-refractivity contribution >= 4 is 5.82 Å². The highest BCUT2D eigenvalue weighted by atomic mass is 19.4. The lowest BCUT2D eigenvalue weighted by molar-refractivity contribution is -0.137. The summed E-state index contributed by atoms with van der Waals surface area (Å²) in [5.74, 6) is 1.20. The van der Waals surface area contributed by atoms with Crippen molar-refractivity contribution in [2.24, 2.45) is 0 Å². The molecule has 1 heterocycles. The van der Waals surface area contributed by atoms with Crippen molar-refractivity contribution in [1.82, 2.24) is 9.97 Å². The molecule has 0 radical (unpaired) electrons. The average Bonchev–Trinajstić information content (AvgIpc) is 3.21. The van der Waals surface area contributed by atoms with Crippen LogP contribution in [0.5, 0.6) is 0 Å². The second-order valence-corrected chi connectivity index (χ2v) is 5.18. The highest BCUT2D eigenvalue weighted by molar-refractivity contribution is 5.63. The molecule has 0 atom stereocenters. The molecule has 110 valence electrons. The van der Waals surface area contributed by atoms with Crippen molar-refractivity contribution in [3.05, 3.63) is 41.7 Å². The zero-order valence-corrected chi connectivity index (χ0v) is 11.4. The van der Waals surface area contributed by atoms with E-state index in [9.17, 15) is 13.2 Å². The summed E-state index contributed by atoms with van der Waals surface area (Å²) in [6, 6.07) is 7.31. The molecule has 0 unspecified atom stereocenters. The Morgan fingerprint density at radius 3 is 2.57 bits per heavy atom. The van der Waals surface area contributed by atoms with E-state index in [1.807, 2.05) is 0 Å². The SMILES string of the molecule is Cc1nc(NC2CC2)cc(-c2cccc(C(F)(F)F)c2)n1. The fraction of sp³-hybridized carbons (Fsp3) is 0.333. The lowest BCUT2D eigenvalue weighted by Crippen LogP contribution is -2.06. The predicted molar refractivity (Wildman–Crippen MR) is 73.9 cm³/mol. The quantitative estimate of drug-likeness (QED) is 0.928. The maximum atomic E-state index is 12.8. The fourth-order valence-electron chi connectivity index (χ4n) is 2.08. The molecule has 2 aromatic rings. The smallest absolute Gasteiger partial charge is 0.367 e. The van der Waals surface area contributed by atoms with Crippen LogP contribution >= 0.6 is 0 Å². The van der Waals surface area contributed by atoms with Gasteiger partial charge >= 0.3 is 6.18 Å². The maximum absolute atomic E-state index is 12.8. The van der Waals surface area contributed by atoms with Gasteiger partial charge in [-0.05, 0) is 31.9 Å². The third-order valence-corrected chi connectivity index (χ3v) is 3.25. The number of hydrogen-bond acceptors (Lipinski definition) is 3. The molecule has 3 rings (SSSR count). The van der Waals surface area contributed by atoms with Gasteiger partial charge in [-0.15, -0.1) is 0 Å². The largest absolute Gasteiger partial charge is 0.416 e. The Labute approximate surface area is 120 Å². The monoisotopic (exact) mass is 293 g/mol. The van der Waals surface area contributed by atoms with Gasteiger partial charge in [-0.1, -0.05) is 12.1 Å². The van der Waals surface area contributed by atoms with Crippen molar-refractivity contribution in [3.8, 4) is 11.3 Å². The van der Waals surface area contributed by atoms with Crippen LogP contribution in [0.3, 0.4) is 0 Å². The Hall–Kier alpha value is -2.11. The molecular weight excluding hydrogens is 279 g/mol. The van der Waals surface area contributed by atoms with E-state index in [4.69, 9.17) is 0 Å². The lowest BCUT2D eigenvalue weighted by atomic mass is 10.1. The van der Waals surface area contributed by atoms with E-state index < -0.39 is 11.7 Å². The number of rotatable bonds is 3. The number of nitrogens with zero attached hydrogens (tertiary/aromatic N) is 2. The van der Waals surface area contributed by atoms with E-state index in [1.165, 1.54) is 6.07 Å². The molecule has 6 heteroatoms. The van der Waals surface area contributed by atoms with Gasteiger partial charge in [0.2, 0.25) is 0 Å². The number of benzene rings is 1. The van der Waals surface area contributed by atoms with E-state index in [1.54, 1.807) is 19.1 Å². The van der Waals surface area contributed by atoms with Gasteiger partial charge in [-0.2, -0.15) is 13.2 Å². The van der Waals surface area contributed by atoms with Crippen LogP contribution in [0.1, 0.15) is 24.2 Å². The van der Waals surface area contributed by atoms with Crippen molar-refractivity contribution in [2.45, 2.75) is 32.0 Å². The van der Waals surface area contributed by atoms with Crippen molar-refractivity contribution in [3.63, 3.8) is 0 Å². The van der Waals surface area contributed by atoms with E-state index in [0.29, 0.717) is 28.9 Å². The minimum Gasteiger partial charge on any atom is -0.367 e. The maximum Gasteiger partial charge on any atom is 0.416 e. The summed E-state index contributed by atoms with van der Waals surface area (Å²) < 4.78 is 38.3. The van der Waals surface area contributed by atoms with Crippen LogP contribution in [0.2, 0.25) is 0 Å². The van der Waals surface area contributed by atoms with Crippen LogP contribution in [0.25, 0.3) is 11.3 Å². The van der Waals surface area contributed by atoms with Gasteiger partial charge in [0.1, 0.15) is 11.6 Å². The number of aromatic nitrogens is 2. The number of halogens is 3. The Bertz CT molecular complexity index is 663. The van der Waals surface area contributed by atoms with Gasteiger partial charge in [0, 0.05) is 17.7 Å². The first kappa shape index (κ1) is 13.9. The zero-order valence-electron chi connectivity index (χ0n) is 11.4. The molecule has 1 aromatic heterocycles. The first-order valence-electron chi connectivity index (χ1n) is 6.72. The van der Waals surface area contributed by atoms with Crippen LogP contribution in [0.4, 0.5) is 19.0 Å². The average molecular weight is 293 g/mol. The number of nitrogens with one attached hydrogen (secondary N) is 1. The molecule has 0 spiro atoms. The number of anilines is 1. The first-order chi connectivity index (χ1) is 9.91. The van der Waals surface area contributed by atoms with E-state index in [-0.39, 0.29) is 0 Å². The number of aryl methyl sites for hydroxylation is 1. The van der Waals surface area contributed by atoms with Gasteiger partial charge in [0.15, 0.2) is 0 Å². The van der Waals surface area contributed by atoms with Crippen LogP contribution in [0, 0.1) is 6.92 Å². The Kier molecular flexibility index (Phi) is 3.31. The molecular formula is C15H14F3N3. The lowest BCUT2D eigenvalue weighted by Gasteiger charge is -2.10. The number of hydrogen-bond donors (Lipinski definition) is 1. The third kappa shape index (κ3) is 3.32. The molecule has 21 heavy (non-hydrogen) atoms. The third-order valence-electron chi connectivity index (χ3n) is 3.25. The number of alkyl halides is 3. The van der Waals surface area contributed by atoms with Gasteiger partial charge in [0.25, 0.3) is 0 Å². The fourth-order valence-corrected chi connectivity index (χ4v) is 2.08. The van der Waals surface area contributed by atoms with E-state index >= 15 is 0 Å². The van der Waals surface area contributed by atoms with Gasteiger partial charge in [0.05, 0.1) is 11.3 Å². The summed E-state index contributed by atoms with van der Waals surface area (Å²) in [6.45, 7) is 1.73. The van der Waals surface area contributed by atoms with Crippen molar-refractivity contribution in [1.29, 1.82) is 0 Å². The summed E-state index contributed by atoms with van der Waals surface area (Å²) in [5.41, 5.74) is 0.263. The van der Waals surface area contributed by atoms with Crippen LogP contribution in [0.15, 0.2) is 30.3 Å². The second kappa shape index (κ2) is 5.02. The first-order valence-corrected chi connectivity index (χ1v) is 6.72. The normalized spacial score (nSPS) is 15.0. The molecule has 1 fully saturated rings. The molecule has 1 aliphatic carbocycles. The minimum atomic E-state index is -4.35. The van der Waals surface area contributed by atoms with Gasteiger partial charge < -0.3 is 5.32 Å². The summed E-state index contributed by atoms with van der Waals surface area (Å²) >= 11 is 0. The highest BCUT2D eigenvalue weighted by Gasteiger charge is 2.30. The molecule has 3 nitrogen and oxygen atoms in total. The summed E-state index contributed by atoms with van der Waals surface area (Å²) in [6.07, 6.45) is -2.16. The summed E-state index contributed by atoms with van der Waals surface area (Å²) in [7, 11) is 0.